The van der Waals surface area contributed by atoms with Crippen molar-refractivity contribution in [1.82, 2.24) is 0 Å². The molecule has 0 N–H and O–H groups in total. The highest BCUT2D eigenvalue weighted by Gasteiger charge is 2.73. The van der Waals surface area contributed by atoms with Crippen molar-refractivity contribution in [2.24, 2.45) is 28.6 Å². The molecule has 8 nitrogen and oxygen atoms in total. The van der Waals surface area contributed by atoms with Gasteiger partial charge in [0.25, 0.3) is 0 Å². The van der Waals surface area contributed by atoms with Gasteiger partial charge in [-0.15, -0.1) is 0 Å². The lowest BCUT2D eigenvalue weighted by atomic mass is 9.43. The number of esters is 3. The highest BCUT2D eigenvalue weighted by Crippen LogP contribution is 2.66. The van der Waals surface area contributed by atoms with Crippen molar-refractivity contribution >= 4 is 23.7 Å². The molecule has 174 valence electrons. The van der Waals surface area contributed by atoms with E-state index in [4.69, 9.17) is 18.6 Å². The maximum absolute atomic E-state index is 13.5. The van der Waals surface area contributed by atoms with Crippen LogP contribution >= 0.6 is 0 Å². The zero-order valence-electron chi connectivity index (χ0n) is 18.7. The number of furan rings is 1. The van der Waals surface area contributed by atoms with E-state index in [1.165, 1.54) is 18.6 Å². The zero-order chi connectivity index (χ0) is 23.5. The molecule has 0 amide bonds. The molecular weight excluding hydrogens is 428 g/mol. The first-order chi connectivity index (χ1) is 15.7. The van der Waals surface area contributed by atoms with Gasteiger partial charge in [-0.1, -0.05) is 19.1 Å². The summed E-state index contributed by atoms with van der Waals surface area (Å²) in [7, 11) is 0. The molecule has 2 aliphatic heterocycles. The Hall–Kier alpha value is -3.16. The molecule has 0 unspecified atom stereocenters. The Balaban J connectivity index is 1.63. The Morgan fingerprint density at radius 1 is 1.24 bits per heavy atom. The third kappa shape index (κ3) is 2.96. The fourth-order valence-corrected chi connectivity index (χ4v) is 6.42. The van der Waals surface area contributed by atoms with Gasteiger partial charge in [0.1, 0.15) is 18.8 Å². The number of cyclic esters (lactones) is 2. The van der Waals surface area contributed by atoms with Gasteiger partial charge in [-0.05, 0) is 44.2 Å². The molecule has 3 heterocycles. The van der Waals surface area contributed by atoms with Crippen molar-refractivity contribution in [1.29, 1.82) is 0 Å². The van der Waals surface area contributed by atoms with E-state index in [9.17, 15) is 19.2 Å². The van der Waals surface area contributed by atoms with Crippen molar-refractivity contribution in [2.75, 3.05) is 6.61 Å². The highest BCUT2D eigenvalue weighted by molar-refractivity contribution is 5.98. The minimum absolute atomic E-state index is 0.0438. The molecule has 5 rings (SSSR count). The van der Waals surface area contributed by atoms with Crippen LogP contribution in [0.25, 0.3) is 0 Å². The van der Waals surface area contributed by atoms with Crippen molar-refractivity contribution in [3.63, 3.8) is 0 Å². The second kappa shape index (κ2) is 7.43. The minimum atomic E-state index is -1.07. The Morgan fingerprint density at radius 2 is 2.03 bits per heavy atom. The van der Waals surface area contributed by atoms with E-state index in [-0.39, 0.29) is 18.8 Å². The molecule has 1 aromatic heterocycles. The van der Waals surface area contributed by atoms with E-state index in [1.807, 2.05) is 6.92 Å². The fraction of sp³-hybridized carbons (Fsp3) is 0.520. The molecule has 1 spiro atoms. The van der Waals surface area contributed by atoms with Crippen molar-refractivity contribution in [2.45, 2.75) is 45.8 Å². The Kier molecular flexibility index (Phi) is 4.88. The van der Waals surface area contributed by atoms with Crippen molar-refractivity contribution in [3.05, 3.63) is 48.0 Å². The topological polar surface area (TPSA) is 109 Å². The molecule has 3 fully saturated rings. The van der Waals surface area contributed by atoms with E-state index in [0.717, 1.165) is 0 Å². The van der Waals surface area contributed by atoms with E-state index in [1.54, 1.807) is 32.1 Å². The van der Waals surface area contributed by atoms with Crippen molar-refractivity contribution < 1.29 is 37.8 Å². The molecule has 2 saturated heterocycles. The van der Waals surface area contributed by atoms with Crippen LogP contribution < -0.4 is 0 Å². The summed E-state index contributed by atoms with van der Waals surface area (Å²) in [6, 6.07) is 1.73. The number of hydrogen-bond donors (Lipinski definition) is 0. The number of ketones is 1. The Labute approximate surface area is 190 Å². The summed E-state index contributed by atoms with van der Waals surface area (Å²) >= 11 is 0. The predicted octanol–water partition coefficient (Wildman–Crippen LogP) is 3.09. The molecule has 1 aromatic rings. The summed E-state index contributed by atoms with van der Waals surface area (Å²) in [6.45, 7) is 5.22. The summed E-state index contributed by atoms with van der Waals surface area (Å²) < 4.78 is 22.3. The monoisotopic (exact) mass is 454 g/mol. The predicted molar refractivity (Wildman–Crippen MR) is 112 cm³/mol. The molecule has 33 heavy (non-hydrogen) atoms. The minimum Gasteiger partial charge on any atom is -0.472 e. The zero-order valence-corrected chi connectivity index (χ0v) is 18.7. The summed E-state index contributed by atoms with van der Waals surface area (Å²) in [6.07, 6.45) is 6.75. The van der Waals surface area contributed by atoms with Crippen LogP contribution in [-0.4, -0.2) is 36.4 Å². The van der Waals surface area contributed by atoms with Gasteiger partial charge in [-0.2, -0.15) is 0 Å². The Bertz CT molecular complexity index is 1080. The largest absolute Gasteiger partial charge is 0.472 e. The van der Waals surface area contributed by atoms with Crippen LogP contribution in [0, 0.1) is 28.6 Å². The second-order valence-electron chi connectivity index (χ2n) is 9.74. The van der Waals surface area contributed by atoms with E-state index >= 15 is 0 Å². The lowest BCUT2D eigenvalue weighted by molar-refractivity contribution is -0.219. The molecule has 0 radical (unpaired) electrons. The summed E-state index contributed by atoms with van der Waals surface area (Å²) in [5.41, 5.74) is -0.786. The second-order valence-corrected chi connectivity index (χ2v) is 9.74. The smallest absolute Gasteiger partial charge is 0.333 e. The van der Waals surface area contributed by atoms with Gasteiger partial charge >= 0.3 is 17.9 Å². The molecule has 2 aliphatic carbocycles. The van der Waals surface area contributed by atoms with Gasteiger partial charge in [0.2, 0.25) is 0 Å². The van der Waals surface area contributed by atoms with Gasteiger partial charge in [0.05, 0.1) is 29.8 Å². The number of carbonyl (C=O) groups is 4. The summed E-state index contributed by atoms with van der Waals surface area (Å²) in [5, 5.41) is 0. The van der Waals surface area contributed by atoms with Crippen LogP contribution in [0.15, 0.2) is 46.8 Å². The number of fused-ring (bicyclic) bond motifs is 2. The van der Waals surface area contributed by atoms with Crippen molar-refractivity contribution in [3.8, 4) is 0 Å². The lowest BCUT2D eigenvalue weighted by Crippen LogP contribution is -2.66. The van der Waals surface area contributed by atoms with Crippen LogP contribution in [0.1, 0.15) is 45.3 Å². The van der Waals surface area contributed by atoms with E-state index in [0.29, 0.717) is 17.6 Å². The van der Waals surface area contributed by atoms with Crippen LogP contribution in [0.5, 0.6) is 0 Å². The van der Waals surface area contributed by atoms with Crippen LogP contribution in [0.3, 0.4) is 0 Å². The first-order valence-corrected chi connectivity index (χ1v) is 11.2. The first kappa shape index (κ1) is 21.7. The number of allylic oxidation sites excluding steroid dienone is 2. The Morgan fingerprint density at radius 3 is 2.73 bits per heavy atom. The quantitative estimate of drug-likeness (QED) is 0.389. The van der Waals surface area contributed by atoms with E-state index < -0.39 is 58.7 Å². The summed E-state index contributed by atoms with van der Waals surface area (Å²) in [4.78, 5) is 52.2. The standard InChI is InChI=1S/C25H26O8/c1-4-13(2)21(27)33-19-9-16-23(29)32-18(14-7-8-30-11-14)10-24(16,3)20-17(26)6-5-15-22(28)31-12-25(15,19)20/h4-8,11,15-16,18-20H,9-10,12H2,1-3H3/b13-4+/t15-,16+,18-,19+,20+,24-,25+/m0/s1. The van der Waals surface area contributed by atoms with Gasteiger partial charge in [-0.3, -0.25) is 14.4 Å². The lowest BCUT2D eigenvalue weighted by Gasteiger charge is -2.60. The highest BCUT2D eigenvalue weighted by atomic mass is 16.6. The van der Waals surface area contributed by atoms with Gasteiger partial charge in [-0.25, -0.2) is 4.79 Å². The average Bonchev–Trinajstić information content (AvgIpc) is 3.43. The van der Waals surface area contributed by atoms with Crippen LogP contribution in [-0.2, 0) is 33.4 Å². The number of ether oxygens (including phenoxy) is 3. The summed E-state index contributed by atoms with van der Waals surface area (Å²) in [5.74, 6) is -3.78. The molecule has 0 aromatic carbocycles. The maximum Gasteiger partial charge on any atom is 0.333 e. The molecule has 7 atom stereocenters. The third-order valence-corrected chi connectivity index (χ3v) is 8.16. The molecule has 8 heteroatoms. The van der Waals surface area contributed by atoms with Crippen LogP contribution in [0.2, 0.25) is 0 Å². The number of rotatable bonds is 3. The molecule has 0 bridgehead atoms. The normalized spacial score (nSPS) is 39.8. The molecular formula is C25H26O8. The van der Waals surface area contributed by atoms with Gasteiger partial charge in [0, 0.05) is 17.1 Å². The van der Waals surface area contributed by atoms with Gasteiger partial charge in [0.15, 0.2) is 5.78 Å². The first-order valence-electron chi connectivity index (χ1n) is 11.2. The van der Waals surface area contributed by atoms with Gasteiger partial charge < -0.3 is 18.6 Å². The third-order valence-electron chi connectivity index (χ3n) is 8.16. The SMILES string of the molecule is C/C=C(\C)C(=O)O[C@@H]1C[C@@H]2C(=O)O[C@H](c3ccoc3)C[C@]2(C)[C@H]2C(=O)C=C[C@H]3C(=O)OC[C@]213. The average molecular weight is 454 g/mol. The van der Waals surface area contributed by atoms with Crippen LogP contribution in [0.4, 0.5) is 0 Å². The maximum atomic E-state index is 13.5. The molecule has 4 aliphatic rings. The van der Waals surface area contributed by atoms with E-state index in [2.05, 4.69) is 0 Å². The fourth-order valence-electron chi connectivity index (χ4n) is 6.42. The number of hydrogen-bond acceptors (Lipinski definition) is 8. The molecule has 1 saturated carbocycles. The number of carbonyl (C=O) groups excluding carboxylic acids is 4.